The number of amides is 1. The Labute approximate surface area is 106 Å². The average molecular weight is 304 g/mol. The topological polar surface area (TPSA) is 57.6 Å². The smallest absolute Gasteiger partial charge is 0.326 e. The summed E-state index contributed by atoms with van der Waals surface area (Å²) in [5.41, 5.74) is 0.104. The fourth-order valence-corrected chi connectivity index (χ4v) is 1.69. The van der Waals surface area contributed by atoms with Crippen molar-refractivity contribution in [2.75, 3.05) is 7.05 Å². The van der Waals surface area contributed by atoms with Crippen LogP contribution in [0.1, 0.15) is 17.3 Å². The molecule has 0 saturated heterocycles. The van der Waals surface area contributed by atoms with Crippen molar-refractivity contribution in [1.29, 1.82) is 0 Å². The Morgan fingerprint density at radius 2 is 2.00 bits per heavy atom. The molecule has 0 aliphatic carbocycles. The second-order valence-electron chi connectivity index (χ2n) is 3.59. The molecule has 0 radical (unpaired) electrons. The van der Waals surface area contributed by atoms with E-state index < -0.39 is 23.7 Å². The van der Waals surface area contributed by atoms with Gasteiger partial charge in [0.15, 0.2) is 0 Å². The van der Waals surface area contributed by atoms with Crippen LogP contribution in [0.15, 0.2) is 22.7 Å². The van der Waals surface area contributed by atoms with E-state index in [0.717, 1.165) is 11.0 Å². The van der Waals surface area contributed by atoms with Gasteiger partial charge in [0.1, 0.15) is 11.9 Å². The Morgan fingerprint density at radius 3 is 2.47 bits per heavy atom. The predicted octanol–water partition coefficient (Wildman–Crippen LogP) is 2.13. The molecule has 4 nitrogen and oxygen atoms in total. The number of carboxylic acids is 1. The first-order valence-electron chi connectivity index (χ1n) is 4.79. The van der Waals surface area contributed by atoms with Crippen LogP contribution in [0.3, 0.4) is 0 Å². The Balaban J connectivity index is 3.00. The van der Waals surface area contributed by atoms with Crippen molar-refractivity contribution in [3.63, 3.8) is 0 Å². The van der Waals surface area contributed by atoms with Gasteiger partial charge >= 0.3 is 5.97 Å². The van der Waals surface area contributed by atoms with Crippen LogP contribution >= 0.6 is 15.9 Å². The molecule has 0 aliphatic heterocycles. The summed E-state index contributed by atoms with van der Waals surface area (Å²) in [5, 5.41) is 8.78. The number of carboxylic acid groups (broad SMARTS) is 1. The third kappa shape index (κ3) is 3.26. The number of carbonyl (C=O) groups excluding carboxylic acids is 1. The van der Waals surface area contributed by atoms with Gasteiger partial charge < -0.3 is 10.0 Å². The Hall–Kier alpha value is -1.43. The highest BCUT2D eigenvalue weighted by Gasteiger charge is 2.23. The number of hydrogen-bond donors (Lipinski definition) is 1. The van der Waals surface area contributed by atoms with E-state index >= 15 is 0 Å². The molecule has 0 aromatic heterocycles. The van der Waals surface area contributed by atoms with Gasteiger partial charge in [0.2, 0.25) is 0 Å². The van der Waals surface area contributed by atoms with Crippen molar-refractivity contribution in [1.82, 2.24) is 4.90 Å². The SMILES string of the molecule is CC(C(=O)O)N(C)C(=O)c1cc(F)cc(Br)c1. The molecule has 0 aliphatic rings. The third-order valence-corrected chi connectivity index (χ3v) is 2.83. The van der Waals surface area contributed by atoms with Gasteiger partial charge in [-0.3, -0.25) is 4.79 Å². The van der Waals surface area contributed by atoms with Crippen LogP contribution in [0.25, 0.3) is 0 Å². The molecule has 6 heteroatoms. The maximum Gasteiger partial charge on any atom is 0.326 e. The van der Waals surface area contributed by atoms with Gasteiger partial charge in [-0.05, 0) is 25.1 Å². The van der Waals surface area contributed by atoms with Crippen LogP contribution in [0.5, 0.6) is 0 Å². The zero-order valence-corrected chi connectivity index (χ0v) is 10.9. The molecule has 1 unspecified atom stereocenters. The molecule has 1 N–H and O–H groups in total. The van der Waals surface area contributed by atoms with Crippen LogP contribution in [-0.2, 0) is 4.79 Å². The number of aliphatic carboxylic acids is 1. The molecule has 0 saturated carbocycles. The van der Waals surface area contributed by atoms with Crippen LogP contribution < -0.4 is 0 Å². The van der Waals surface area contributed by atoms with Gasteiger partial charge in [0.05, 0.1) is 0 Å². The van der Waals surface area contributed by atoms with E-state index in [0.29, 0.717) is 4.47 Å². The summed E-state index contributed by atoms with van der Waals surface area (Å²) in [7, 11) is 1.36. The number of hydrogen-bond acceptors (Lipinski definition) is 2. The summed E-state index contributed by atoms with van der Waals surface area (Å²) in [6.45, 7) is 1.38. The van der Waals surface area contributed by atoms with E-state index in [1.807, 2.05) is 0 Å². The van der Waals surface area contributed by atoms with E-state index in [9.17, 15) is 14.0 Å². The van der Waals surface area contributed by atoms with Crippen LogP contribution in [0.4, 0.5) is 4.39 Å². The summed E-state index contributed by atoms with van der Waals surface area (Å²) in [6.07, 6.45) is 0. The van der Waals surface area contributed by atoms with E-state index in [1.54, 1.807) is 0 Å². The number of carbonyl (C=O) groups is 2. The van der Waals surface area contributed by atoms with E-state index in [4.69, 9.17) is 5.11 Å². The maximum atomic E-state index is 13.1. The minimum absolute atomic E-state index is 0.104. The number of halogens is 2. The summed E-state index contributed by atoms with van der Waals surface area (Å²) >= 11 is 3.07. The van der Waals surface area contributed by atoms with Crippen molar-refractivity contribution >= 4 is 27.8 Å². The second kappa shape index (κ2) is 5.27. The Bertz CT molecular complexity index is 444. The van der Waals surface area contributed by atoms with E-state index in [2.05, 4.69) is 15.9 Å². The zero-order chi connectivity index (χ0) is 13.2. The van der Waals surface area contributed by atoms with Gasteiger partial charge in [0, 0.05) is 17.1 Å². The lowest BCUT2D eigenvalue weighted by molar-refractivity contribution is -0.141. The monoisotopic (exact) mass is 303 g/mol. The minimum Gasteiger partial charge on any atom is -0.480 e. The predicted molar refractivity (Wildman–Crippen MR) is 63.3 cm³/mol. The maximum absolute atomic E-state index is 13.1. The Morgan fingerprint density at radius 1 is 1.41 bits per heavy atom. The molecule has 1 aromatic carbocycles. The van der Waals surface area contributed by atoms with Gasteiger partial charge in [-0.1, -0.05) is 15.9 Å². The summed E-state index contributed by atoms with van der Waals surface area (Å²) in [4.78, 5) is 23.6. The molecule has 0 fully saturated rings. The van der Waals surface area contributed by atoms with Gasteiger partial charge in [-0.15, -0.1) is 0 Å². The van der Waals surface area contributed by atoms with Crippen LogP contribution in [-0.4, -0.2) is 35.0 Å². The summed E-state index contributed by atoms with van der Waals surface area (Å²) < 4.78 is 13.5. The molecule has 1 aromatic rings. The number of benzene rings is 1. The number of likely N-dealkylation sites (N-methyl/N-ethyl adjacent to an activating group) is 1. The second-order valence-corrected chi connectivity index (χ2v) is 4.50. The minimum atomic E-state index is -1.11. The fourth-order valence-electron chi connectivity index (χ4n) is 1.22. The normalized spacial score (nSPS) is 12.0. The zero-order valence-electron chi connectivity index (χ0n) is 9.28. The molecule has 1 rings (SSSR count). The molecule has 0 bridgehead atoms. The van der Waals surface area contributed by atoms with Gasteiger partial charge in [-0.25, -0.2) is 9.18 Å². The average Bonchev–Trinajstić information content (AvgIpc) is 2.24. The van der Waals surface area contributed by atoms with Gasteiger partial charge in [-0.2, -0.15) is 0 Å². The standard InChI is InChI=1S/C11H11BrFNO3/c1-6(11(16)17)14(2)10(15)7-3-8(12)5-9(13)4-7/h3-6H,1-2H3,(H,16,17). The molecular formula is C11H11BrFNO3. The van der Waals surface area contributed by atoms with Crippen molar-refractivity contribution < 1.29 is 19.1 Å². The first kappa shape index (κ1) is 13.6. The molecular weight excluding hydrogens is 293 g/mol. The molecule has 92 valence electrons. The molecule has 17 heavy (non-hydrogen) atoms. The first-order chi connectivity index (χ1) is 7.82. The summed E-state index contributed by atoms with van der Waals surface area (Å²) in [5.74, 6) is -2.21. The van der Waals surface area contributed by atoms with Crippen molar-refractivity contribution in [2.24, 2.45) is 0 Å². The molecule has 0 spiro atoms. The highest BCUT2D eigenvalue weighted by atomic mass is 79.9. The Kier molecular flexibility index (Phi) is 4.22. The van der Waals surface area contributed by atoms with Crippen molar-refractivity contribution in [2.45, 2.75) is 13.0 Å². The van der Waals surface area contributed by atoms with Crippen molar-refractivity contribution in [3.05, 3.63) is 34.1 Å². The fraction of sp³-hybridized carbons (Fsp3) is 0.273. The van der Waals surface area contributed by atoms with E-state index in [-0.39, 0.29) is 5.56 Å². The molecule has 1 atom stereocenters. The quantitative estimate of drug-likeness (QED) is 0.930. The highest BCUT2D eigenvalue weighted by molar-refractivity contribution is 9.10. The first-order valence-corrected chi connectivity index (χ1v) is 5.58. The lowest BCUT2D eigenvalue weighted by atomic mass is 10.1. The largest absolute Gasteiger partial charge is 0.480 e. The van der Waals surface area contributed by atoms with E-state index in [1.165, 1.54) is 26.1 Å². The third-order valence-electron chi connectivity index (χ3n) is 2.37. The van der Waals surface area contributed by atoms with Crippen LogP contribution in [0, 0.1) is 5.82 Å². The number of nitrogens with zero attached hydrogens (tertiary/aromatic N) is 1. The van der Waals surface area contributed by atoms with Crippen LogP contribution in [0.2, 0.25) is 0 Å². The van der Waals surface area contributed by atoms with Crippen molar-refractivity contribution in [3.8, 4) is 0 Å². The molecule has 1 amide bonds. The van der Waals surface area contributed by atoms with Gasteiger partial charge in [0.25, 0.3) is 5.91 Å². The lowest BCUT2D eigenvalue weighted by Crippen LogP contribution is -2.40. The highest BCUT2D eigenvalue weighted by Crippen LogP contribution is 2.16. The molecule has 0 heterocycles. The number of rotatable bonds is 3. The lowest BCUT2D eigenvalue weighted by Gasteiger charge is -2.21. The summed E-state index contributed by atoms with van der Waals surface area (Å²) in [6, 6.07) is 2.76.